The van der Waals surface area contributed by atoms with Gasteiger partial charge in [0.05, 0.1) is 11.4 Å². The van der Waals surface area contributed by atoms with E-state index < -0.39 is 0 Å². The van der Waals surface area contributed by atoms with Crippen molar-refractivity contribution in [3.05, 3.63) is 47.4 Å². The van der Waals surface area contributed by atoms with Crippen molar-refractivity contribution >= 4 is 10.9 Å². The molecule has 1 aromatic carbocycles. The van der Waals surface area contributed by atoms with E-state index in [4.69, 9.17) is 5.73 Å². The van der Waals surface area contributed by atoms with Crippen LogP contribution < -0.4 is 5.73 Å². The van der Waals surface area contributed by atoms with Gasteiger partial charge in [-0.2, -0.15) is 0 Å². The quantitative estimate of drug-likeness (QED) is 0.636. The summed E-state index contributed by atoms with van der Waals surface area (Å²) in [5.41, 5.74) is 10.7. The van der Waals surface area contributed by atoms with Gasteiger partial charge in [0.2, 0.25) is 0 Å². The van der Waals surface area contributed by atoms with E-state index in [1.165, 1.54) is 12.1 Å². The molecule has 2 heterocycles. The molecule has 0 aliphatic rings. The third kappa shape index (κ3) is 1.71. The predicted octanol–water partition coefficient (Wildman–Crippen LogP) is 3.07. The van der Waals surface area contributed by atoms with Gasteiger partial charge >= 0.3 is 0 Å². The molecule has 92 valence electrons. The van der Waals surface area contributed by atoms with Crippen LogP contribution in [-0.2, 0) is 6.54 Å². The number of hydrogen-bond donors (Lipinski definition) is 3. The molecule has 2 aromatic heterocycles. The zero-order chi connectivity index (χ0) is 12.7. The predicted molar refractivity (Wildman–Crippen MR) is 70.7 cm³/mol. The Hall–Kier alpha value is -2.07. The van der Waals surface area contributed by atoms with Crippen LogP contribution in [0.2, 0.25) is 0 Å². The lowest BCUT2D eigenvalue weighted by atomic mass is 10.2. The number of aryl methyl sites for hydroxylation is 1. The summed E-state index contributed by atoms with van der Waals surface area (Å²) in [6, 6.07) is 8.68. The molecule has 3 rings (SSSR count). The maximum Gasteiger partial charge on any atom is 0.123 e. The number of nitrogens with two attached hydrogens (primary N) is 1. The minimum absolute atomic E-state index is 0.224. The van der Waals surface area contributed by atoms with E-state index in [0.29, 0.717) is 6.54 Å². The minimum Gasteiger partial charge on any atom is -0.357 e. The molecule has 0 radical (unpaired) electrons. The average molecular weight is 243 g/mol. The number of rotatable bonds is 2. The number of aromatic amines is 2. The Morgan fingerprint density at radius 1 is 1.11 bits per heavy atom. The van der Waals surface area contributed by atoms with Crippen molar-refractivity contribution in [2.45, 2.75) is 13.5 Å². The first-order chi connectivity index (χ1) is 8.67. The van der Waals surface area contributed by atoms with Crippen molar-refractivity contribution in [1.82, 2.24) is 9.97 Å². The number of halogens is 1. The smallest absolute Gasteiger partial charge is 0.123 e. The number of aromatic nitrogens is 2. The number of benzene rings is 1. The third-order valence-corrected chi connectivity index (χ3v) is 3.22. The van der Waals surface area contributed by atoms with Crippen LogP contribution in [-0.4, -0.2) is 9.97 Å². The van der Waals surface area contributed by atoms with Gasteiger partial charge in [-0.3, -0.25) is 0 Å². The largest absolute Gasteiger partial charge is 0.357 e. The summed E-state index contributed by atoms with van der Waals surface area (Å²) in [5.74, 6) is -0.224. The second-order valence-electron chi connectivity index (χ2n) is 4.45. The first kappa shape index (κ1) is 11.0. The highest BCUT2D eigenvalue weighted by atomic mass is 19.1. The first-order valence-corrected chi connectivity index (χ1v) is 5.84. The molecular weight excluding hydrogens is 229 g/mol. The summed E-state index contributed by atoms with van der Waals surface area (Å²) >= 11 is 0. The molecule has 0 aliphatic carbocycles. The Kier molecular flexibility index (Phi) is 2.45. The van der Waals surface area contributed by atoms with Gasteiger partial charge in [0, 0.05) is 23.1 Å². The highest BCUT2D eigenvalue weighted by molar-refractivity contribution is 5.85. The fourth-order valence-corrected chi connectivity index (χ4v) is 2.21. The van der Waals surface area contributed by atoms with Crippen molar-refractivity contribution in [2.75, 3.05) is 0 Å². The lowest BCUT2D eigenvalue weighted by Gasteiger charge is -1.91. The molecule has 3 nitrogen and oxygen atoms in total. The summed E-state index contributed by atoms with van der Waals surface area (Å²) in [7, 11) is 0. The van der Waals surface area contributed by atoms with Gasteiger partial charge in [-0.05, 0) is 42.8 Å². The Morgan fingerprint density at radius 3 is 2.61 bits per heavy atom. The second kappa shape index (κ2) is 3.99. The Bertz CT molecular complexity index is 709. The van der Waals surface area contributed by atoms with Crippen molar-refractivity contribution < 1.29 is 4.39 Å². The van der Waals surface area contributed by atoms with Crippen LogP contribution in [0.4, 0.5) is 4.39 Å². The van der Waals surface area contributed by atoms with Gasteiger partial charge in [-0.15, -0.1) is 0 Å². The van der Waals surface area contributed by atoms with Gasteiger partial charge in [0.25, 0.3) is 0 Å². The number of fused-ring (bicyclic) bond motifs is 1. The van der Waals surface area contributed by atoms with Crippen molar-refractivity contribution in [1.29, 1.82) is 0 Å². The van der Waals surface area contributed by atoms with E-state index in [0.717, 1.165) is 33.5 Å². The topological polar surface area (TPSA) is 57.6 Å². The Morgan fingerprint density at radius 2 is 1.89 bits per heavy atom. The molecule has 0 unspecified atom stereocenters. The van der Waals surface area contributed by atoms with Crippen LogP contribution in [0, 0.1) is 12.7 Å². The molecule has 3 aromatic rings. The standard InChI is InChI=1S/C14H14FN3/c1-8-10(7-16)6-13(17-8)14-5-9-4-11(15)2-3-12(9)18-14/h2-6,17-18H,7,16H2,1H3. The normalized spacial score (nSPS) is 11.3. The van der Waals surface area contributed by atoms with E-state index in [1.54, 1.807) is 6.07 Å². The maximum atomic E-state index is 13.1. The average Bonchev–Trinajstić information content (AvgIpc) is 2.91. The summed E-state index contributed by atoms with van der Waals surface area (Å²) in [4.78, 5) is 6.55. The summed E-state index contributed by atoms with van der Waals surface area (Å²) in [5, 5.41) is 0.867. The van der Waals surface area contributed by atoms with Gasteiger partial charge < -0.3 is 15.7 Å². The second-order valence-corrected chi connectivity index (χ2v) is 4.45. The molecule has 18 heavy (non-hydrogen) atoms. The SMILES string of the molecule is Cc1[nH]c(-c2cc3cc(F)ccc3[nH]2)cc1CN. The Labute approximate surface area is 104 Å². The van der Waals surface area contributed by atoms with Crippen LogP contribution in [0.15, 0.2) is 30.3 Å². The van der Waals surface area contributed by atoms with Gasteiger partial charge in [-0.25, -0.2) is 4.39 Å². The van der Waals surface area contributed by atoms with E-state index in [-0.39, 0.29) is 5.82 Å². The molecule has 0 spiro atoms. The van der Waals surface area contributed by atoms with E-state index in [9.17, 15) is 4.39 Å². The third-order valence-electron chi connectivity index (χ3n) is 3.22. The zero-order valence-corrected chi connectivity index (χ0v) is 10.0. The number of nitrogens with one attached hydrogen (secondary N) is 2. The van der Waals surface area contributed by atoms with E-state index in [1.807, 2.05) is 19.1 Å². The van der Waals surface area contributed by atoms with Gasteiger partial charge in [0.15, 0.2) is 0 Å². The highest BCUT2D eigenvalue weighted by Gasteiger charge is 2.08. The number of H-pyrrole nitrogens is 2. The molecule has 0 fully saturated rings. The molecule has 4 N–H and O–H groups in total. The van der Waals surface area contributed by atoms with Crippen molar-refractivity contribution in [2.24, 2.45) is 5.73 Å². The maximum absolute atomic E-state index is 13.1. The first-order valence-electron chi connectivity index (χ1n) is 5.84. The van der Waals surface area contributed by atoms with Crippen LogP contribution in [0.5, 0.6) is 0 Å². The molecule has 0 amide bonds. The number of hydrogen-bond acceptors (Lipinski definition) is 1. The summed E-state index contributed by atoms with van der Waals surface area (Å²) < 4.78 is 13.1. The molecule has 4 heteroatoms. The summed E-state index contributed by atoms with van der Waals surface area (Å²) in [6.07, 6.45) is 0. The minimum atomic E-state index is -0.224. The molecule has 0 aliphatic heterocycles. The van der Waals surface area contributed by atoms with Crippen molar-refractivity contribution in [3.63, 3.8) is 0 Å². The Balaban J connectivity index is 2.13. The monoisotopic (exact) mass is 243 g/mol. The van der Waals surface area contributed by atoms with Crippen LogP contribution in [0.25, 0.3) is 22.3 Å². The van der Waals surface area contributed by atoms with Crippen LogP contribution >= 0.6 is 0 Å². The lowest BCUT2D eigenvalue weighted by molar-refractivity contribution is 0.630. The molecule has 0 saturated carbocycles. The molecule has 0 bridgehead atoms. The van der Waals surface area contributed by atoms with Gasteiger partial charge in [0.1, 0.15) is 5.82 Å². The molecule has 0 atom stereocenters. The lowest BCUT2D eigenvalue weighted by Crippen LogP contribution is -1.95. The summed E-state index contributed by atoms with van der Waals surface area (Å²) in [6.45, 7) is 2.51. The van der Waals surface area contributed by atoms with E-state index >= 15 is 0 Å². The molecular formula is C14H14FN3. The zero-order valence-electron chi connectivity index (χ0n) is 10.0. The van der Waals surface area contributed by atoms with Crippen molar-refractivity contribution in [3.8, 4) is 11.4 Å². The van der Waals surface area contributed by atoms with Gasteiger partial charge in [-0.1, -0.05) is 0 Å². The fraction of sp³-hybridized carbons (Fsp3) is 0.143. The van der Waals surface area contributed by atoms with Crippen LogP contribution in [0.3, 0.4) is 0 Å². The highest BCUT2D eigenvalue weighted by Crippen LogP contribution is 2.25. The van der Waals surface area contributed by atoms with Crippen LogP contribution in [0.1, 0.15) is 11.3 Å². The fourth-order valence-electron chi connectivity index (χ4n) is 2.21. The van der Waals surface area contributed by atoms with E-state index in [2.05, 4.69) is 9.97 Å². The molecule has 0 saturated heterocycles.